The number of hydrogen-bond acceptors (Lipinski definition) is 3. The molecule has 0 aliphatic rings. The second-order valence-corrected chi connectivity index (χ2v) is 12.4. The van der Waals surface area contributed by atoms with Crippen LogP contribution in [0.25, 0.3) is 37.7 Å². The van der Waals surface area contributed by atoms with E-state index in [2.05, 4.69) is 130 Å². The summed E-state index contributed by atoms with van der Waals surface area (Å²) in [6, 6.07) is 68.1. The van der Waals surface area contributed by atoms with Crippen molar-refractivity contribution in [3.05, 3.63) is 217 Å². The third kappa shape index (κ3) is 6.03. The van der Waals surface area contributed by atoms with Gasteiger partial charge in [-0.1, -0.05) is 133 Å². The van der Waals surface area contributed by atoms with Gasteiger partial charge in [-0.05, 0) is 82.6 Å². The second-order valence-electron chi connectivity index (χ2n) is 12.4. The van der Waals surface area contributed by atoms with Gasteiger partial charge in [0, 0.05) is 33.5 Å². The molecule has 0 spiro atoms. The number of nitrogens with zero attached hydrogens (tertiary/aromatic N) is 4. The number of nitriles is 1. The molecule has 8 aromatic carbocycles. The van der Waals surface area contributed by atoms with Crippen LogP contribution < -0.4 is 9.80 Å². The highest BCUT2D eigenvalue weighted by atomic mass is 15.1. The Morgan fingerprint density at radius 1 is 0.423 bits per heavy atom. The van der Waals surface area contributed by atoms with Crippen LogP contribution in [0.3, 0.4) is 0 Å². The molecule has 52 heavy (non-hydrogen) atoms. The Labute approximate surface area is 303 Å². The molecule has 0 aliphatic carbocycles. The Balaban J connectivity index is 1.17. The van der Waals surface area contributed by atoms with E-state index in [1.54, 1.807) is 0 Å². The molecule has 0 unspecified atom stereocenters. The molecule has 0 heterocycles. The maximum absolute atomic E-state index is 10.5. The first kappa shape index (κ1) is 31.8. The Morgan fingerprint density at radius 2 is 0.808 bits per heavy atom. The van der Waals surface area contributed by atoms with Crippen molar-refractivity contribution in [2.24, 2.45) is 0 Å². The molecular weight excluding hydrogens is 633 g/mol. The van der Waals surface area contributed by atoms with Gasteiger partial charge in [0.25, 0.3) is 0 Å². The molecule has 244 valence electrons. The normalized spacial score (nSPS) is 11.3. The summed E-state index contributed by atoms with van der Waals surface area (Å²) >= 11 is 0. The Bertz CT molecular complexity index is 2430. The molecular formula is C48H32N4. The molecule has 0 radical (unpaired) electrons. The lowest BCUT2D eigenvalue weighted by molar-refractivity contribution is 1.29. The number of allylic oxidation sites excluding steroid dienone is 1. The van der Waals surface area contributed by atoms with Crippen LogP contribution in [-0.2, 0) is 0 Å². The quantitative estimate of drug-likeness (QED) is 0.0921. The van der Waals surface area contributed by atoms with E-state index in [4.69, 9.17) is 6.57 Å². The van der Waals surface area contributed by atoms with Crippen molar-refractivity contribution in [1.29, 1.82) is 5.26 Å². The lowest BCUT2D eigenvalue weighted by Crippen LogP contribution is -2.10. The van der Waals surface area contributed by atoms with Gasteiger partial charge in [-0.3, -0.25) is 0 Å². The highest BCUT2D eigenvalue weighted by Gasteiger charge is 2.19. The lowest BCUT2D eigenvalue weighted by Gasteiger charge is -2.27. The van der Waals surface area contributed by atoms with Gasteiger partial charge in [0.2, 0.25) is 5.70 Å². The number of rotatable bonds is 8. The summed E-state index contributed by atoms with van der Waals surface area (Å²) in [4.78, 5) is 8.36. The van der Waals surface area contributed by atoms with Gasteiger partial charge < -0.3 is 9.80 Å². The summed E-state index contributed by atoms with van der Waals surface area (Å²) in [7, 11) is 0. The van der Waals surface area contributed by atoms with Crippen LogP contribution in [0.1, 0.15) is 11.1 Å². The first-order valence-electron chi connectivity index (χ1n) is 17.1. The van der Waals surface area contributed by atoms with Crippen LogP contribution in [0.2, 0.25) is 0 Å². The fourth-order valence-electron chi connectivity index (χ4n) is 6.88. The summed E-state index contributed by atoms with van der Waals surface area (Å²) in [5.74, 6) is 0. The molecule has 8 rings (SSSR count). The Morgan fingerprint density at radius 3 is 1.25 bits per heavy atom. The average Bonchev–Trinajstić information content (AvgIpc) is 3.22. The molecule has 0 amide bonds. The fourth-order valence-corrected chi connectivity index (χ4v) is 6.88. The van der Waals surface area contributed by atoms with E-state index in [9.17, 15) is 5.26 Å². The van der Waals surface area contributed by atoms with Gasteiger partial charge in [-0.25, -0.2) is 4.85 Å². The maximum Gasteiger partial charge on any atom is 0.212 e. The van der Waals surface area contributed by atoms with Crippen LogP contribution in [-0.4, -0.2) is 0 Å². The van der Waals surface area contributed by atoms with E-state index in [0.717, 1.165) is 55.7 Å². The zero-order valence-electron chi connectivity index (χ0n) is 28.3. The molecule has 8 aromatic rings. The number of hydrogen-bond donors (Lipinski definition) is 0. The van der Waals surface area contributed by atoms with Crippen LogP contribution in [0.5, 0.6) is 0 Å². The molecule has 4 heteroatoms. The predicted molar refractivity (Wildman–Crippen MR) is 216 cm³/mol. The van der Waals surface area contributed by atoms with Gasteiger partial charge in [0.1, 0.15) is 0 Å². The molecule has 0 fully saturated rings. The smallest absolute Gasteiger partial charge is 0.212 e. The van der Waals surface area contributed by atoms with Crippen molar-refractivity contribution in [1.82, 2.24) is 0 Å². The summed E-state index contributed by atoms with van der Waals surface area (Å²) in [5, 5.41) is 15.1. The van der Waals surface area contributed by atoms with Crippen LogP contribution in [0, 0.1) is 17.9 Å². The molecule has 0 saturated heterocycles. The zero-order chi connectivity index (χ0) is 35.3. The summed E-state index contributed by atoms with van der Waals surface area (Å²) in [6.07, 6.45) is 0. The first-order chi connectivity index (χ1) is 25.7. The predicted octanol–water partition coefficient (Wildman–Crippen LogP) is 13.2. The minimum Gasteiger partial charge on any atom is -0.310 e. The number of fused-ring (bicyclic) bond motifs is 2. The van der Waals surface area contributed by atoms with Crippen molar-refractivity contribution in [3.63, 3.8) is 0 Å². The second kappa shape index (κ2) is 14.2. The summed E-state index contributed by atoms with van der Waals surface area (Å²) < 4.78 is 0. The minimum absolute atomic E-state index is 0.312. The topological polar surface area (TPSA) is 34.6 Å². The summed E-state index contributed by atoms with van der Waals surface area (Å²) in [6.45, 7) is 8.19. The van der Waals surface area contributed by atoms with Crippen LogP contribution in [0.15, 0.2) is 194 Å². The van der Waals surface area contributed by atoms with E-state index in [0.29, 0.717) is 22.4 Å². The number of benzene rings is 8. The average molecular weight is 665 g/mol. The van der Waals surface area contributed by atoms with E-state index in [1.165, 1.54) is 0 Å². The standard InChI is InChI=1S/C48H32N4/c1-50-48(38-28-32-42(33-29-38)52(40-20-6-3-7-21-40)47-25-13-17-36-15-9-11-23-44(36)47)45(34-49)37-26-30-41(31-27-37)51(39-18-4-2-5-19-39)46-24-12-16-35-14-8-10-22-43(35)46/h2-33H/b48-45-. The van der Waals surface area contributed by atoms with Gasteiger partial charge in [0.05, 0.1) is 29.6 Å². The lowest BCUT2D eigenvalue weighted by atomic mass is 9.99. The Hall–Kier alpha value is -7.40. The largest absolute Gasteiger partial charge is 0.310 e. The minimum atomic E-state index is 0.312. The molecule has 0 aliphatic heterocycles. The molecule has 0 N–H and O–H groups in total. The van der Waals surface area contributed by atoms with Crippen LogP contribution >= 0.6 is 0 Å². The third-order valence-corrected chi connectivity index (χ3v) is 9.32. The van der Waals surface area contributed by atoms with Gasteiger partial charge in [-0.2, -0.15) is 5.26 Å². The SMILES string of the molecule is [C-]#[N+]/C(=C(/C#N)c1ccc(N(c2ccccc2)c2cccc3ccccc23)cc1)c1ccc(N(c2ccccc2)c2cccc3ccccc23)cc1. The molecule has 0 bridgehead atoms. The number of anilines is 6. The number of para-hydroxylation sites is 2. The van der Waals surface area contributed by atoms with Crippen molar-refractivity contribution >= 4 is 66.9 Å². The van der Waals surface area contributed by atoms with E-state index in [1.807, 2.05) is 84.9 Å². The molecule has 0 aromatic heterocycles. The monoisotopic (exact) mass is 664 g/mol. The van der Waals surface area contributed by atoms with Crippen molar-refractivity contribution in [3.8, 4) is 6.07 Å². The fraction of sp³-hybridized carbons (Fsp3) is 0. The maximum atomic E-state index is 10.5. The van der Waals surface area contributed by atoms with Gasteiger partial charge in [-0.15, -0.1) is 0 Å². The summed E-state index contributed by atoms with van der Waals surface area (Å²) in [5.41, 5.74) is 8.09. The zero-order valence-corrected chi connectivity index (χ0v) is 28.3. The van der Waals surface area contributed by atoms with Crippen molar-refractivity contribution in [2.45, 2.75) is 0 Å². The van der Waals surface area contributed by atoms with Crippen molar-refractivity contribution in [2.75, 3.05) is 9.80 Å². The van der Waals surface area contributed by atoms with E-state index >= 15 is 0 Å². The highest BCUT2D eigenvalue weighted by molar-refractivity contribution is 6.02. The third-order valence-electron chi connectivity index (χ3n) is 9.32. The molecule has 0 saturated carbocycles. The highest BCUT2D eigenvalue weighted by Crippen LogP contribution is 2.41. The van der Waals surface area contributed by atoms with Gasteiger partial charge in [0.15, 0.2) is 0 Å². The molecule has 4 nitrogen and oxygen atoms in total. The Kier molecular flexibility index (Phi) is 8.71. The van der Waals surface area contributed by atoms with Crippen molar-refractivity contribution < 1.29 is 0 Å². The van der Waals surface area contributed by atoms with E-state index in [-0.39, 0.29) is 0 Å². The first-order valence-corrected chi connectivity index (χ1v) is 17.1. The molecule has 0 atom stereocenters. The van der Waals surface area contributed by atoms with Crippen LogP contribution in [0.4, 0.5) is 34.1 Å². The van der Waals surface area contributed by atoms with E-state index < -0.39 is 0 Å². The van der Waals surface area contributed by atoms with Gasteiger partial charge >= 0.3 is 0 Å².